The van der Waals surface area contributed by atoms with Crippen LogP contribution >= 0.6 is 15.9 Å². The van der Waals surface area contributed by atoms with Crippen LogP contribution in [0.2, 0.25) is 0 Å². The third-order valence-corrected chi connectivity index (χ3v) is 4.52. The first-order valence-corrected chi connectivity index (χ1v) is 7.25. The molecule has 1 atom stereocenters. The molecule has 0 radical (unpaired) electrons. The Hall–Kier alpha value is -1.17. The van der Waals surface area contributed by atoms with Crippen molar-refractivity contribution in [3.05, 3.63) is 70.7 Å². The van der Waals surface area contributed by atoms with Gasteiger partial charge in [-0.05, 0) is 65.0 Å². The van der Waals surface area contributed by atoms with Crippen LogP contribution in [0.4, 0.5) is 8.78 Å². The molecule has 0 aliphatic carbocycles. The summed E-state index contributed by atoms with van der Waals surface area (Å²) in [5.41, 5.74) is 0.448. The lowest BCUT2D eigenvalue weighted by atomic mass is 10.2. The fourth-order valence-corrected chi connectivity index (χ4v) is 2.73. The predicted octanol–water partition coefficient (Wildman–Crippen LogP) is 4.51. The Bertz CT molecular complexity index is 613. The van der Waals surface area contributed by atoms with E-state index in [0.717, 1.165) is 0 Å². The first kappa shape index (κ1) is 14.2. The fraction of sp³-hybridized carbons (Fsp3) is 0. The molecule has 0 aliphatic heterocycles. The Labute approximate surface area is 121 Å². The van der Waals surface area contributed by atoms with E-state index in [0.29, 0.717) is 14.9 Å². The predicted molar refractivity (Wildman–Crippen MR) is 75.9 cm³/mol. The Morgan fingerprint density at radius 3 is 2.32 bits per heavy atom. The smallest absolute Gasteiger partial charge is 0.158 e. The van der Waals surface area contributed by atoms with Crippen LogP contribution in [-0.2, 0) is 11.2 Å². The van der Waals surface area contributed by atoms with Gasteiger partial charge < -0.3 is 4.55 Å². The standard InChI is InChI=1S/C14H9BrF2OS/c1-9(10-2-7-13(15)14(17)8-10)19(18)12-5-3-11(16)4-6-12/h2-8H,1H2. The van der Waals surface area contributed by atoms with Crippen LogP contribution in [0.3, 0.4) is 0 Å². The summed E-state index contributed by atoms with van der Waals surface area (Å²) in [6, 6.07) is 9.70. The van der Waals surface area contributed by atoms with E-state index >= 15 is 0 Å². The van der Waals surface area contributed by atoms with Crippen molar-refractivity contribution in [2.45, 2.75) is 4.90 Å². The highest BCUT2D eigenvalue weighted by molar-refractivity contribution is 9.10. The molecule has 0 spiro atoms. The molecular formula is C14H9BrF2OS. The van der Waals surface area contributed by atoms with E-state index < -0.39 is 22.8 Å². The highest BCUT2D eigenvalue weighted by Crippen LogP contribution is 2.28. The number of halogens is 3. The lowest BCUT2D eigenvalue weighted by Crippen LogP contribution is -2.03. The SMILES string of the molecule is C=C(c1ccc(Br)c(F)c1)[S+]([O-])c1ccc(F)cc1. The zero-order valence-electron chi connectivity index (χ0n) is 9.70. The zero-order chi connectivity index (χ0) is 14.0. The molecule has 1 unspecified atom stereocenters. The molecular weight excluding hydrogens is 334 g/mol. The minimum Gasteiger partial charge on any atom is -0.606 e. The van der Waals surface area contributed by atoms with Crippen LogP contribution in [0.15, 0.2) is 58.4 Å². The first-order chi connectivity index (χ1) is 8.99. The second-order valence-electron chi connectivity index (χ2n) is 3.77. The van der Waals surface area contributed by atoms with E-state index in [9.17, 15) is 13.3 Å². The van der Waals surface area contributed by atoms with Crippen molar-refractivity contribution in [1.82, 2.24) is 0 Å². The van der Waals surface area contributed by atoms with Gasteiger partial charge in [0.25, 0.3) is 0 Å². The van der Waals surface area contributed by atoms with Gasteiger partial charge in [0.05, 0.1) is 4.47 Å². The molecule has 0 bridgehead atoms. The van der Waals surface area contributed by atoms with Gasteiger partial charge in [-0.3, -0.25) is 0 Å². The van der Waals surface area contributed by atoms with Gasteiger partial charge in [0, 0.05) is 16.7 Å². The summed E-state index contributed by atoms with van der Waals surface area (Å²) in [6.45, 7) is 3.72. The number of benzene rings is 2. The summed E-state index contributed by atoms with van der Waals surface area (Å²) in [6.07, 6.45) is 0. The molecule has 1 nitrogen and oxygen atoms in total. The lowest BCUT2D eigenvalue weighted by molar-refractivity contribution is 0.603. The fourth-order valence-electron chi connectivity index (χ4n) is 1.48. The molecule has 0 aliphatic rings. The Kier molecular flexibility index (Phi) is 4.39. The van der Waals surface area contributed by atoms with Crippen LogP contribution in [0, 0.1) is 11.6 Å². The molecule has 0 heterocycles. The van der Waals surface area contributed by atoms with Gasteiger partial charge in [0.1, 0.15) is 11.6 Å². The second kappa shape index (κ2) is 5.86. The first-order valence-electron chi connectivity index (χ1n) is 5.30. The average molecular weight is 343 g/mol. The molecule has 2 aromatic carbocycles. The van der Waals surface area contributed by atoms with Crippen molar-refractivity contribution in [1.29, 1.82) is 0 Å². The normalized spacial score (nSPS) is 12.2. The number of hydrogen-bond acceptors (Lipinski definition) is 1. The van der Waals surface area contributed by atoms with E-state index in [1.807, 2.05) is 0 Å². The largest absolute Gasteiger partial charge is 0.606 e. The molecule has 0 aromatic heterocycles. The molecule has 0 N–H and O–H groups in total. The van der Waals surface area contributed by atoms with E-state index in [-0.39, 0.29) is 4.91 Å². The van der Waals surface area contributed by atoms with E-state index in [1.54, 1.807) is 6.07 Å². The zero-order valence-corrected chi connectivity index (χ0v) is 12.1. The molecule has 19 heavy (non-hydrogen) atoms. The van der Waals surface area contributed by atoms with Crippen LogP contribution in [-0.4, -0.2) is 4.55 Å². The van der Waals surface area contributed by atoms with Gasteiger partial charge in [-0.25, -0.2) is 8.78 Å². The van der Waals surface area contributed by atoms with Gasteiger partial charge in [0.15, 0.2) is 9.80 Å². The Morgan fingerprint density at radius 2 is 1.74 bits per heavy atom. The summed E-state index contributed by atoms with van der Waals surface area (Å²) in [7, 11) is 0. The van der Waals surface area contributed by atoms with Crippen molar-refractivity contribution in [3.63, 3.8) is 0 Å². The van der Waals surface area contributed by atoms with E-state index in [4.69, 9.17) is 0 Å². The van der Waals surface area contributed by atoms with Crippen molar-refractivity contribution < 1.29 is 13.3 Å². The summed E-state index contributed by atoms with van der Waals surface area (Å²) in [5.74, 6) is -0.851. The summed E-state index contributed by atoms with van der Waals surface area (Å²) < 4.78 is 38.8. The third kappa shape index (κ3) is 3.23. The van der Waals surface area contributed by atoms with Gasteiger partial charge in [0.2, 0.25) is 0 Å². The maximum atomic E-state index is 13.4. The van der Waals surface area contributed by atoms with Crippen LogP contribution in [0.1, 0.15) is 5.56 Å². The van der Waals surface area contributed by atoms with Gasteiger partial charge in [-0.2, -0.15) is 0 Å². The highest BCUT2D eigenvalue weighted by atomic mass is 79.9. The topological polar surface area (TPSA) is 23.1 Å². The van der Waals surface area contributed by atoms with Crippen LogP contribution < -0.4 is 0 Å². The van der Waals surface area contributed by atoms with Crippen LogP contribution in [0.25, 0.3) is 4.91 Å². The van der Waals surface area contributed by atoms with Crippen molar-refractivity contribution in [2.75, 3.05) is 0 Å². The minimum atomic E-state index is -1.55. The monoisotopic (exact) mass is 342 g/mol. The van der Waals surface area contributed by atoms with E-state index in [2.05, 4.69) is 22.5 Å². The maximum Gasteiger partial charge on any atom is 0.158 e. The lowest BCUT2D eigenvalue weighted by Gasteiger charge is -2.12. The number of rotatable bonds is 3. The maximum absolute atomic E-state index is 13.4. The molecule has 98 valence electrons. The molecule has 2 aromatic rings. The van der Waals surface area contributed by atoms with Gasteiger partial charge in [-0.1, -0.05) is 0 Å². The Balaban J connectivity index is 2.28. The molecule has 0 amide bonds. The van der Waals surface area contributed by atoms with Crippen molar-refractivity contribution >= 4 is 32.0 Å². The van der Waals surface area contributed by atoms with Crippen LogP contribution in [0.5, 0.6) is 0 Å². The summed E-state index contributed by atoms with van der Waals surface area (Å²) in [5, 5.41) is 0. The average Bonchev–Trinajstić information content (AvgIpc) is 2.41. The molecule has 0 fully saturated rings. The van der Waals surface area contributed by atoms with Gasteiger partial charge in [-0.15, -0.1) is 0 Å². The van der Waals surface area contributed by atoms with E-state index in [1.165, 1.54) is 36.4 Å². The Morgan fingerprint density at radius 1 is 1.11 bits per heavy atom. The van der Waals surface area contributed by atoms with Gasteiger partial charge >= 0.3 is 0 Å². The quantitative estimate of drug-likeness (QED) is 0.753. The molecule has 5 heteroatoms. The third-order valence-electron chi connectivity index (χ3n) is 2.49. The summed E-state index contributed by atoms with van der Waals surface area (Å²) >= 11 is 1.50. The molecule has 2 rings (SSSR count). The second-order valence-corrected chi connectivity index (χ2v) is 6.13. The minimum absolute atomic E-state index is 0.276. The highest BCUT2D eigenvalue weighted by Gasteiger charge is 2.19. The number of hydrogen-bond donors (Lipinski definition) is 0. The summed E-state index contributed by atoms with van der Waals surface area (Å²) in [4.78, 5) is 0.702. The van der Waals surface area contributed by atoms with Crippen molar-refractivity contribution in [2.24, 2.45) is 0 Å². The molecule has 0 saturated carbocycles. The van der Waals surface area contributed by atoms with Crippen molar-refractivity contribution in [3.8, 4) is 0 Å². The molecule has 0 saturated heterocycles.